The summed E-state index contributed by atoms with van der Waals surface area (Å²) in [5.41, 5.74) is 0.491. The summed E-state index contributed by atoms with van der Waals surface area (Å²) in [5, 5.41) is 14.9. The summed E-state index contributed by atoms with van der Waals surface area (Å²) in [4.78, 5) is 10.3. The van der Waals surface area contributed by atoms with Gasteiger partial charge in [0.05, 0.1) is 10.5 Å². The van der Waals surface area contributed by atoms with Crippen molar-refractivity contribution in [3.63, 3.8) is 0 Å². The average molecular weight is 309 g/mol. The maximum Gasteiger partial charge on any atom is 0.323 e. The van der Waals surface area contributed by atoms with Gasteiger partial charge in [0.2, 0.25) is 3.70 Å². The molecule has 0 N–H and O–H groups in total. The van der Waals surface area contributed by atoms with Crippen LogP contribution < -0.4 is 0 Å². The highest BCUT2D eigenvalue weighted by Gasteiger charge is 2.27. The normalized spacial score (nSPS) is 11.8. The molecule has 6 heteroatoms. The lowest BCUT2D eigenvalue weighted by Gasteiger charge is -2.20. The van der Waals surface area contributed by atoms with E-state index in [1.54, 1.807) is 11.6 Å². The van der Waals surface area contributed by atoms with Crippen LogP contribution in [-0.2, 0) is 5.54 Å². The van der Waals surface area contributed by atoms with E-state index in [0.717, 1.165) is 0 Å². The number of rotatable bonds is 1. The Morgan fingerprint density at radius 3 is 2.21 bits per heavy atom. The van der Waals surface area contributed by atoms with Gasteiger partial charge < -0.3 is 0 Å². The largest absolute Gasteiger partial charge is 0.323 e. The molecule has 1 heterocycles. The lowest BCUT2D eigenvalue weighted by Crippen LogP contribution is -2.24. The molecule has 0 amide bonds. The Morgan fingerprint density at radius 2 is 2.00 bits per heavy atom. The number of nitro groups is 1. The summed E-state index contributed by atoms with van der Waals surface area (Å²) >= 11 is 1.89. The Bertz CT molecular complexity index is 379. The van der Waals surface area contributed by atoms with Gasteiger partial charge in [0.15, 0.2) is 0 Å². The first-order valence-corrected chi connectivity index (χ1v) is 5.23. The van der Waals surface area contributed by atoms with E-state index in [0.29, 0.717) is 9.39 Å². The maximum atomic E-state index is 10.7. The fourth-order valence-electron chi connectivity index (χ4n) is 1.32. The van der Waals surface area contributed by atoms with Crippen LogP contribution in [0, 0.1) is 20.7 Å². The molecular formula is C8H12IN3O2. The predicted octanol–water partition coefficient (Wildman–Crippen LogP) is 2.46. The van der Waals surface area contributed by atoms with Crippen molar-refractivity contribution in [2.45, 2.75) is 33.2 Å². The SMILES string of the molecule is Cc1c([N+](=O)[O-])c(I)nn1C(C)(C)C. The van der Waals surface area contributed by atoms with Gasteiger partial charge in [-0.1, -0.05) is 0 Å². The minimum atomic E-state index is -0.383. The minimum absolute atomic E-state index is 0.112. The van der Waals surface area contributed by atoms with Crippen molar-refractivity contribution in [3.8, 4) is 0 Å². The second-order valence-electron chi connectivity index (χ2n) is 4.06. The predicted molar refractivity (Wildman–Crippen MR) is 61.3 cm³/mol. The van der Waals surface area contributed by atoms with Crippen molar-refractivity contribution in [2.24, 2.45) is 0 Å². The summed E-state index contributed by atoms with van der Waals surface area (Å²) < 4.78 is 2.13. The molecule has 0 atom stereocenters. The lowest BCUT2D eigenvalue weighted by molar-refractivity contribution is -0.386. The van der Waals surface area contributed by atoms with E-state index in [4.69, 9.17) is 0 Å². The molecule has 0 saturated carbocycles. The Balaban J connectivity index is 3.39. The fraction of sp³-hybridized carbons (Fsp3) is 0.625. The smallest absolute Gasteiger partial charge is 0.258 e. The van der Waals surface area contributed by atoms with Crippen molar-refractivity contribution in [2.75, 3.05) is 0 Å². The van der Waals surface area contributed by atoms with E-state index < -0.39 is 0 Å². The second-order valence-corrected chi connectivity index (χ2v) is 5.09. The van der Waals surface area contributed by atoms with Crippen molar-refractivity contribution in [3.05, 3.63) is 19.5 Å². The molecule has 0 spiro atoms. The molecule has 0 aliphatic rings. The second kappa shape index (κ2) is 3.48. The summed E-state index contributed by atoms with van der Waals surface area (Å²) in [6.45, 7) is 7.62. The topological polar surface area (TPSA) is 61.0 Å². The van der Waals surface area contributed by atoms with Crippen molar-refractivity contribution < 1.29 is 4.92 Å². The highest BCUT2D eigenvalue weighted by Crippen LogP contribution is 2.28. The van der Waals surface area contributed by atoms with E-state index in [1.165, 1.54) is 0 Å². The van der Waals surface area contributed by atoms with Crippen LogP contribution in [0.1, 0.15) is 26.5 Å². The van der Waals surface area contributed by atoms with Crippen LogP contribution in [0.25, 0.3) is 0 Å². The molecule has 1 aromatic heterocycles. The van der Waals surface area contributed by atoms with E-state index in [9.17, 15) is 10.1 Å². The number of nitrogens with zero attached hydrogens (tertiary/aromatic N) is 3. The zero-order valence-electron chi connectivity index (χ0n) is 8.54. The van der Waals surface area contributed by atoms with Crippen LogP contribution in [0.5, 0.6) is 0 Å². The van der Waals surface area contributed by atoms with Gasteiger partial charge in [0.25, 0.3) is 0 Å². The fourth-order valence-corrected chi connectivity index (χ4v) is 2.12. The number of aromatic nitrogens is 2. The summed E-state index contributed by atoms with van der Waals surface area (Å²) in [6.07, 6.45) is 0. The molecule has 0 unspecified atom stereocenters. The quantitative estimate of drug-likeness (QED) is 0.455. The van der Waals surface area contributed by atoms with Crippen molar-refractivity contribution >= 4 is 28.3 Å². The van der Waals surface area contributed by atoms with Gasteiger partial charge in [-0.25, -0.2) is 0 Å². The van der Waals surface area contributed by atoms with Crippen LogP contribution in [-0.4, -0.2) is 14.7 Å². The zero-order chi connectivity index (χ0) is 11.1. The third-order valence-electron chi connectivity index (χ3n) is 1.86. The molecule has 78 valence electrons. The number of hydrogen-bond donors (Lipinski definition) is 0. The zero-order valence-corrected chi connectivity index (χ0v) is 10.7. The molecule has 0 saturated heterocycles. The molecule has 0 radical (unpaired) electrons. The molecule has 0 bridgehead atoms. The Labute approximate surface area is 95.8 Å². The van der Waals surface area contributed by atoms with E-state index in [-0.39, 0.29) is 16.1 Å². The Morgan fingerprint density at radius 1 is 1.50 bits per heavy atom. The van der Waals surface area contributed by atoms with E-state index in [1.807, 2.05) is 43.4 Å². The summed E-state index contributed by atoms with van der Waals surface area (Å²) in [6, 6.07) is 0. The van der Waals surface area contributed by atoms with Crippen LogP contribution in [0.2, 0.25) is 0 Å². The standard InChI is InChI=1S/C8H12IN3O2/c1-5-6(12(13)14)7(9)10-11(5)8(2,3)4/h1-4H3. The van der Waals surface area contributed by atoms with E-state index >= 15 is 0 Å². The van der Waals surface area contributed by atoms with Gasteiger partial charge in [-0.3, -0.25) is 14.8 Å². The van der Waals surface area contributed by atoms with Gasteiger partial charge >= 0.3 is 5.69 Å². The highest BCUT2D eigenvalue weighted by atomic mass is 127. The molecule has 0 aliphatic carbocycles. The molecule has 1 rings (SSSR count). The molecule has 0 aliphatic heterocycles. The van der Waals surface area contributed by atoms with Crippen molar-refractivity contribution in [1.29, 1.82) is 0 Å². The number of halogens is 1. The Kier molecular flexibility index (Phi) is 2.84. The molecular weight excluding hydrogens is 297 g/mol. The number of hydrogen-bond acceptors (Lipinski definition) is 3. The average Bonchev–Trinajstić information content (AvgIpc) is 2.24. The third-order valence-corrected chi connectivity index (χ3v) is 2.59. The van der Waals surface area contributed by atoms with Gasteiger partial charge in [0, 0.05) is 0 Å². The van der Waals surface area contributed by atoms with Gasteiger partial charge in [-0.05, 0) is 50.3 Å². The molecule has 5 nitrogen and oxygen atoms in total. The first-order valence-electron chi connectivity index (χ1n) is 4.15. The van der Waals surface area contributed by atoms with Crippen LogP contribution in [0.3, 0.4) is 0 Å². The minimum Gasteiger partial charge on any atom is -0.258 e. The van der Waals surface area contributed by atoms with E-state index in [2.05, 4.69) is 5.10 Å². The lowest BCUT2D eigenvalue weighted by atomic mass is 10.1. The van der Waals surface area contributed by atoms with Crippen molar-refractivity contribution in [1.82, 2.24) is 9.78 Å². The van der Waals surface area contributed by atoms with Crippen LogP contribution in [0.4, 0.5) is 5.69 Å². The molecule has 14 heavy (non-hydrogen) atoms. The summed E-state index contributed by atoms with van der Waals surface area (Å²) in [7, 11) is 0. The third kappa shape index (κ3) is 1.89. The van der Waals surface area contributed by atoms with Crippen LogP contribution in [0.15, 0.2) is 0 Å². The van der Waals surface area contributed by atoms with Gasteiger partial charge in [-0.2, -0.15) is 5.10 Å². The first kappa shape index (κ1) is 11.4. The highest BCUT2D eigenvalue weighted by molar-refractivity contribution is 14.1. The molecule has 0 fully saturated rings. The van der Waals surface area contributed by atoms with Gasteiger partial charge in [0.1, 0.15) is 5.69 Å². The first-order chi connectivity index (χ1) is 6.25. The molecule has 0 aromatic carbocycles. The summed E-state index contributed by atoms with van der Waals surface area (Å²) in [5.74, 6) is 0. The molecule has 1 aromatic rings. The maximum absolute atomic E-state index is 10.7. The van der Waals surface area contributed by atoms with Crippen LogP contribution >= 0.6 is 22.6 Å². The monoisotopic (exact) mass is 309 g/mol. The Hall–Kier alpha value is -0.660. The van der Waals surface area contributed by atoms with Gasteiger partial charge in [-0.15, -0.1) is 0 Å².